The summed E-state index contributed by atoms with van der Waals surface area (Å²) < 4.78 is 0. The van der Waals surface area contributed by atoms with Crippen LogP contribution in [0.15, 0.2) is 0 Å². The number of hydrazine groups is 1. The molecule has 5 heteroatoms. The molecule has 0 aromatic carbocycles. The van der Waals surface area contributed by atoms with E-state index in [0.29, 0.717) is 6.42 Å². The Morgan fingerprint density at radius 3 is 2.89 bits per heavy atom. The fourth-order valence-corrected chi connectivity index (χ4v) is 3.29. The van der Waals surface area contributed by atoms with Crippen molar-refractivity contribution >= 4 is 5.91 Å². The van der Waals surface area contributed by atoms with Crippen molar-refractivity contribution < 1.29 is 4.79 Å². The number of nitrogens with two attached hydrogens (primary N) is 1. The van der Waals surface area contributed by atoms with Gasteiger partial charge in [0, 0.05) is 32.1 Å². The summed E-state index contributed by atoms with van der Waals surface area (Å²) in [4.78, 5) is 16.3. The SMILES string of the molecule is NNC(=O)CCCCCN1CCN2CCCCC2C1. The third kappa shape index (κ3) is 4.75. The number of carbonyl (C=O) groups is 1. The Bertz CT molecular complexity index is 285. The predicted molar refractivity (Wildman–Crippen MR) is 76.5 cm³/mol. The topological polar surface area (TPSA) is 61.6 Å². The Kier molecular flexibility index (Phi) is 6.07. The molecule has 3 N–H and O–H groups in total. The van der Waals surface area contributed by atoms with Crippen LogP contribution in [0.4, 0.5) is 0 Å². The van der Waals surface area contributed by atoms with E-state index in [-0.39, 0.29) is 5.91 Å². The van der Waals surface area contributed by atoms with Crippen molar-refractivity contribution in [2.24, 2.45) is 5.84 Å². The Morgan fingerprint density at radius 2 is 2.05 bits per heavy atom. The van der Waals surface area contributed by atoms with Crippen molar-refractivity contribution in [2.45, 2.75) is 51.0 Å². The number of nitrogens with zero attached hydrogens (tertiary/aromatic N) is 2. The highest BCUT2D eigenvalue weighted by atomic mass is 16.2. The van der Waals surface area contributed by atoms with Crippen molar-refractivity contribution in [3.8, 4) is 0 Å². The molecule has 0 bridgehead atoms. The third-order valence-corrected chi connectivity index (χ3v) is 4.46. The molecular weight excluding hydrogens is 240 g/mol. The molecule has 0 spiro atoms. The van der Waals surface area contributed by atoms with Gasteiger partial charge in [-0.2, -0.15) is 0 Å². The van der Waals surface area contributed by atoms with Crippen LogP contribution >= 0.6 is 0 Å². The molecule has 0 aromatic rings. The summed E-state index contributed by atoms with van der Waals surface area (Å²) in [5.41, 5.74) is 2.18. The molecule has 0 saturated carbocycles. The van der Waals surface area contributed by atoms with Crippen LogP contribution < -0.4 is 11.3 Å². The minimum absolute atomic E-state index is 0.0455. The molecule has 2 saturated heterocycles. The van der Waals surface area contributed by atoms with Crippen LogP contribution in [0.5, 0.6) is 0 Å². The number of amides is 1. The van der Waals surface area contributed by atoms with Crippen molar-refractivity contribution in [3.05, 3.63) is 0 Å². The molecule has 2 heterocycles. The number of hydrogen-bond acceptors (Lipinski definition) is 4. The lowest BCUT2D eigenvalue weighted by Gasteiger charge is -2.44. The van der Waals surface area contributed by atoms with Crippen LogP contribution in [0.3, 0.4) is 0 Å². The zero-order chi connectivity index (χ0) is 13.5. The second-order valence-electron chi connectivity index (χ2n) is 5.86. The highest BCUT2D eigenvalue weighted by molar-refractivity contribution is 5.74. The van der Waals surface area contributed by atoms with E-state index in [1.807, 2.05) is 0 Å². The predicted octanol–water partition coefficient (Wildman–Crippen LogP) is 0.707. The molecule has 1 unspecified atom stereocenters. The molecule has 1 atom stereocenters. The minimum Gasteiger partial charge on any atom is -0.301 e. The van der Waals surface area contributed by atoms with Gasteiger partial charge in [-0.15, -0.1) is 0 Å². The smallest absolute Gasteiger partial charge is 0.233 e. The molecule has 5 nitrogen and oxygen atoms in total. The maximum atomic E-state index is 11.0. The van der Waals surface area contributed by atoms with Crippen LogP contribution in [0.1, 0.15) is 44.9 Å². The standard InChI is InChI=1S/C14H28N4O/c15-16-14(19)7-2-1-4-8-17-10-11-18-9-5-3-6-13(18)12-17/h13H,1-12,15H2,(H,16,19). The molecule has 0 aliphatic carbocycles. The van der Waals surface area contributed by atoms with Gasteiger partial charge in [0.2, 0.25) is 5.91 Å². The average molecular weight is 268 g/mol. The maximum absolute atomic E-state index is 11.0. The lowest BCUT2D eigenvalue weighted by Crippen LogP contribution is -2.54. The summed E-state index contributed by atoms with van der Waals surface area (Å²) in [6, 6.07) is 0.811. The molecule has 1 amide bonds. The molecule has 0 aromatic heterocycles. The number of fused-ring (bicyclic) bond motifs is 1. The molecule has 2 fully saturated rings. The second kappa shape index (κ2) is 7.82. The van der Waals surface area contributed by atoms with Gasteiger partial charge in [0.1, 0.15) is 0 Å². The first-order chi connectivity index (χ1) is 9.29. The summed E-state index contributed by atoms with van der Waals surface area (Å²) in [5, 5.41) is 0. The number of nitrogens with one attached hydrogen (secondary N) is 1. The largest absolute Gasteiger partial charge is 0.301 e. The lowest BCUT2D eigenvalue weighted by molar-refractivity contribution is -0.121. The minimum atomic E-state index is -0.0455. The van der Waals surface area contributed by atoms with E-state index >= 15 is 0 Å². The van der Waals surface area contributed by atoms with Crippen LogP contribution in [0, 0.1) is 0 Å². The summed E-state index contributed by atoms with van der Waals surface area (Å²) in [5.74, 6) is 5.01. The van der Waals surface area contributed by atoms with Crippen LogP contribution in [-0.4, -0.2) is 54.5 Å². The van der Waals surface area contributed by atoms with E-state index in [1.165, 1.54) is 58.4 Å². The molecular formula is C14H28N4O. The Morgan fingerprint density at radius 1 is 1.16 bits per heavy atom. The summed E-state index contributed by atoms with van der Waals surface area (Å²) in [6.45, 7) is 6.23. The number of hydrogen-bond donors (Lipinski definition) is 2. The van der Waals surface area contributed by atoms with E-state index in [2.05, 4.69) is 15.2 Å². The van der Waals surface area contributed by atoms with Crippen molar-refractivity contribution in [1.82, 2.24) is 15.2 Å². The maximum Gasteiger partial charge on any atom is 0.233 e. The van der Waals surface area contributed by atoms with E-state index in [1.54, 1.807) is 0 Å². The first kappa shape index (κ1) is 14.8. The van der Waals surface area contributed by atoms with Crippen LogP contribution in [-0.2, 0) is 4.79 Å². The Balaban J connectivity index is 1.55. The molecule has 110 valence electrons. The fraction of sp³-hybridized carbons (Fsp3) is 0.929. The van der Waals surface area contributed by atoms with Gasteiger partial charge in [-0.05, 0) is 38.8 Å². The summed E-state index contributed by atoms with van der Waals surface area (Å²) in [6.07, 6.45) is 8.01. The summed E-state index contributed by atoms with van der Waals surface area (Å²) in [7, 11) is 0. The van der Waals surface area contributed by atoms with Gasteiger partial charge in [0.05, 0.1) is 0 Å². The van der Waals surface area contributed by atoms with E-state index in [0.717, 1.165) is 18.9 Å². The van der Waals surface area contributed by atoms with E-state index in [4.69, 9.17) is 5.84 Å². The first-order valence-electron chi connectivity index (χ1n) is 7.75. The molecule has 2 aliphatic rings. The quantitative estimate of drug-likeness (QED) is 0.322. The number of carbonyl (C=O) groups excluding carboxylic acids is 1. The zero-order valence-corrected chi connectivity index (χ0v) is 11.9. The third-order valence-electron chi connectivity index (χ3n) is 4.46. The average Bonchev–Trinajstić information content (AvgIpc) is 2.46. The number of piperazine rings is 1. The molecule has 19 heavy (non-hydrogen) atoms. The summed E-state index contributed by atoms with van der Waals surface area (Å²) >= 11 is 0. The van der Waals surface area contributed by atoms with Gasteiger partial charge < -0.3 is 4.90 Å². The number of rotatable bonds is 6. The first-order valence-corrected chi connectivity index (χ1v) is 7.75. The lowest BCUT2D eigenvalue weighted by atomic mass is 9.99. The second-order valence-corrected chi connectivity index (χ2v) is 5.86. The Labute approximate surface area is 116 Å². The van der Waals surface area contributed by atoms with Crippen LogP contribution in [0.2, 0.25) is 0 Å². The van der Waals surface area contributed by atoms with Gasteiger partial charge in [0.25, 0.3) is 0 Å². The fourth-order valence-electron chi connectivity index (χ4n) is 3.29. The molecule has 2 rings (SSSR count). The monoisotopic (exact) mass is 268 g/mol. The normalized spacial score (nSPS) is 25.0. The number of piperidine rings is 1. The van der Waals surface area contributed by atoms with E-state index < -0.39 is 0 Å². The van der Waals surface area contributed by atoms with Crippen molar-refractivity contribution in [3.63, 3.8) is 0 Å². The van der Waals surface area contributed by atoms with Crippen molar-refractivity contribution in [1.29, 1.82) is 0 Å². The molecule has 2 aliphatic heterocycles. The highest BCUT2D eigenvalue weighted by Gasteiger charge is 2.28. The molecule has 0 radical (unpaired) electrons. The van der Waals surface area contributed by atoms with E-state index in [9.17, 15) is 4.79 Å². The van der Waals surface area contributed by atoms with Crippen molar-refractivity contribution in [2.75, 3.05) is 32.7 Å². The zero-order valence-electron chi connectivity index (χ0n) is 11.9. The van der Waals surface area contributed by atoms with Gasteiger partial charge in [0.15, 0.2) is 0 Å². The van der Waals surface area contributed by atoms with Gasteiger partial charge in [-0.1, -0.05) is 12.8 Å². The van der Waals surface area contributed by atoms with Crippen LogP contribution in [0.25, 0.3) is 0 Å². The number of unbranched alkanes of at least 4 members (excludes halogenated alkanes) is 2. The van der Waals surface area contributed by atoms with Gasteiger partial charge >= 0.3 is 0 Å². The van der Waals surface area contributed by atoms with Gasteiger partial charge in [-0.25, -0.2) is 5.84 Å². The van der Waals surface area contributed by atoms with Gasteiger partial charge in [-0.3, -0.25) is 15.1 Å². The Hall–Kier alpha value is -0.650. The highest BCUT2D eigenvalue weighted by Crippen LogP contribution is 2.21.